The van der Waals surface area contributed by atoms with E-state index in [9.17, 15) is 4.79 Å². The summed E-state index contributed by atoms with van der Waals surface area (Å²) < 4.78 is 11.5. The van der Waals surface area contributed by atoms with Gasteiger partial charge in [0.05, 0.1) is 13.2 Å². The second kappa shape index (κ2) is 12.6. The molecule has 0 unspecified atom stereocenters. The van der Waals surface area contributed by atoms with Crippen LogP contribution in [0.3, 0.4) is 0 Å². The van der Waals surface area contributed by atoms with E-state index in [1.165, 1.54) is 5.56 Å². The van der Waals surface area contributed by atoms with E-state index in [1.54, 1.807) is 24.3 Å². The van der Waals surface area contributed by atoms with Crippen LogP contribution in [0.15, 0.2) is 78.9 Å². The monoisotopic (exact) mass is 462 g/mol. The molecule has 0 saturated carbocycles. The highest BCUT2D eigenvalue weighted by Gasteiger charge is 2.09. The van der Waals surface area contributed by atoms with Crippen LogP contribution in [-0.4, -0.2) is 24.2 Å². The molecule has 172 valence electrons. The number of benzene rings is 3. The molecule has 0 fully saturated rings. The summed E-state index contributed by atoms with van der Waals surface area (Å²) in [7, 11) is 0. The Morgan fingerprint density at radius 2 is 1.61 bits per heavy atom. The topological polar surface area (TPSA) is 59.6 Å². The van der Waals surface area contributed by atoms with Gasteiger partial charge in [-0.15, -0.1) is 0 Å². The summed E-state index contributed by atoms with van der Waals surface area (Å²) >= 11 is 5.31. The number of anilines is 1. The Hall–Kier alpha value is -3.38. The first-order chi connectivity index (χ1) is 16.0. The minimum Gasteiger partial charge on any atom is -0.494 e. The van der Waals surface area contributed by atoms with Crippen LogP contribution in [0.2, 0.25) is 0 Å². The van der Waals surface area contributed by atoms with Crippen molar-refractivity contribution in [3.63, 3.8) is 0 Å². The van der Waals surface area contributed by atoms with Gasteiger partial charge in [0, 0.05) is 23.7 Å². The van der Waals surface area contributed by atoms with Gasteiger partial charge in [-0.25, -0.2) is 0 Å². The summed E-state index contributed by atoms with van der Waals surface area (Å²) in [6, 6.07) is 24.7. The smallest absolute Gasteiger partial charge is 0.257 e. The SMILES string of the molecule is CC(C)CCOc1ccc(C(=O)NC(=S)Nc2cccc(OCCc3ccccc3)c2)cc1. The van der Waals surface area contributed by atoms with Crippen LogP contribution in [0.5, 0.6) is 11.5 Å². The molecule has 1 amide bonds. The number of hydrogen-bond donors (Lipinski definition) is 2. The first kappa shape index (κ1) is 24.3. The van der Waals surface area contributed by atoms with Gasteiger partial charge in [-0.1, -0.05) is 50.2 Å². The quantitative estimate of drug-likeness (QED) is 0.370. The zero-order chi connectivity index (χ0) is 23.5. The lowest BCUT2D eigenvalue weighted by molar-refractivity contribution is 0.0977. The maximum absolute atomic E-state index is 12.5. The Bertz CT molecular complexity index is 1040. The molecule has 6 heteroatoms. The van der Waals surface area contributed by atoms with E-state index in [0.717, 1.165) is 30.0 Å². The maximum atomic E-state index is 12.5. The van der Waals surface area contributed by atoms with Crippen LogP contribution in [0.1, 0.15) is 36.2 Å². The highest BCUT2D eigenvalue weighted by Crippen LogP contribution is 2.18. The fraction of sp³-hybridized carbons (Fsp3) is 0.259. The minimum absolute atomic E-state index is 0.221. The number of hydrogen-bond acceptors (Lipinski definition) is 4. The molecular weight excluding hydrogens is 432 g/mol. The van der Waals surface area contributed by atoms with Crippen LogP contribution in [-0.2, 0) is 6.42 Å². The van der Waals surface area contributed by atoms with Crippen LogP contribution in [0.25, 0.3) is 0 Å². The van der Waals surface area contributed by atoms with Gasteiger partial charge in [0.25, 0.3) is 5.91 Å². The van der Waals surface area contributed by atoms with Crippen LogP contribution >= 0.6 is 12.2 Å². The van der Waals surface area contributed by atoms with Crippen molar-refractivity contribution in [2.45, 2.75) is 26.7 Å². The van der Waals surface area contributed by atoms with E-state index in [1.807, 2.05) is 42.5 Å². The molecule has 0 radical (unpaired) electrons. The third-order valence-electron chi connectivity index (χ3n) is 4.90. The first-order valence-corrected chi connectivity index (χ1v) is 11.5. The molecular formula is C27H30N2O3S. The zero-order valence-corrected chi connectivity index (χ0v) is 19.9. The second-order valence-corrected chi connectivity index (χ2v) is 8.48. The molecule has 0 aliphatic heterocycles. The lowest BCUT2D eigenvalue weighted by Gasteiger charge is -2.12. The number of thiocarbonyl (C=S) groups is 1. The Balaban J connectivity index is 1.46. The van der Waals surface area contributed by atoms with E-state index in [-0.39, 0.29) is 11.0 Å². The van der Waals surface area contributed by atoms with Gasteiger partial charge in [0.1, 0.15) is 11.5 Å². The number of rotatable bonds is 10. The predicted molar refractivity (Wildman–Crippen MR) is 137 cm³/mol. The third-order valence-corrected chi connectivity index (χ3v) is 5.11. The number of ether oxygens (including phenoxy) is 2. The van der Waals surface area contributed by atoms with Crippen LogP contribution in [0, 0.1) is 5.92 Å². The number of carbonyl (C=O) groups excluding carboxylic acids is 1. The largest absolute Gasteiger partial charge is 0.494 e. The number of carbonyl (C=O) groups is 1. The lowest BCUT2D eigenvalue weighted by Crippen LogP contribution is -2.34. The first-order valence-electron chi connectivity index (χ1n) is 11.1. The highest BCUT2D eigenvalue weighted by molar-refractivity contribution is 7.80. The molecule has 0 saturated heterocycles. The van der Waals surface area contributed by atoms with Crippen molar-refractivity contribution in [3.05, 3.63) is 90.0 Å². The summed E-state index contributed by atoms with van der Waals surface area (Å²) in [5.74, 6) is 1.79. The van der Waals surface area contributed by atoms with Gasteiger partial charge in [0.15, 0.2) is 5.11 Å². The zero-order valence-electron chi connectivity index (χ0n) is 19.0. The Kier molecular flexibility index (Phi) is 9.27. The molecule has 2 N–H and O–H groups in total. The Labute approximate surface area is 201 Å². The van der Waals surface area contributed by atoms with Gasteiger partial charge < -0.3 is 14.8 Å². The molecule has 0 spiro atoms. The molecule has 33 heavy (non-hydrogen) atoms. The maximum Gasteiger partial charge on any atom is 0.257 e. The summed E-state index contributed by atoms with van der Waals surface area (Å²) in [6.07, 6.45) is 1.82. The molecule has 0 bridgehead atoms. The summed E-state index contributed by atoms with van der Waals surface area (Å²) in [4.78, 5) is 12.5. The van der Waals surface area contributed by atoms with E-state index in [0.29, 0.717) is 24.7 Å². The van der Waals surface area contributed by atoms with E-state index < -0.39 is 0 Å². The Morgan fingerprint density at radius 1 is 0.879 bits per heavy atom. The van der Waals surface area contributed by atoms with E-state index >= 15 is 0 Å². The van der Waals surface area contributed by atoms with Crippen molar-refractivity contribution in [1.29, 1.82) is 0 Å². The summed E-state index contributed by atoms with van der Waals surface area (Å²) in [5, 5.41) is 5.96. The molecule has 3 aromatic carbocycles. The van der Waals surface area contributed by atoms with Crippen molar-refractivity contribution in [3.8, 4) is 11.5 Å². The van der Waals surface area contributed by atoms with Gasteiger partial charge in [-0.05, 0) is 66.5 Å². The van der Waals surface area contributed by atoms with Crippen molar-refractivity contribution in [2.75, 3.05) is 18.5 Å². The van der Waals surface area contributed by atoms with E-state index in [4.69, 9.17) is 21.7 Å². The van der Waals surface area contributed by atoms with Crippen LogP contribution < -0.4 is 20.1 Å². The predicted octanol–water partition coefficient (Wildman–Crippen LogP) is 5.86. The lowest BCUT2D eigenvalue weighted by atomic mass is 10.1. The Morgan fingerprint density at radius 3 is 2.33 bits per heavy atom. The van der Waals surface area contributed by atoms with Crippen molar-refractivity contribution in [1.82, 2.24) is 5.32 Å². The number of amides is 1. The van der Waals surface area contributed by atoms with Gasteiger partial charge in [0.2, 0.25) is 0 Å². The number of nitrogens with one attached hydrogen (secondary N) is 2. The standard InChI is InChI=1S/C27H30N2O3S/c1-20(2)15-17-31-24-13-11-22(12-14-24)26(30)29-27(33)28-23-9-6-10-25(19-23)32-18-16-21-7-4-3-5-8-21/h3-14,19-20H,15-18H2,1-2H3,(H2,28,29,30,33). The fourth-order valence-electron chi connectivity index (χ4n) is 3.05. The average molecular weight is 463 g/mol. The molecule has 5 nitrogen and oxygen atoms in total. The molecule has 3 aromatic rings. The normalized spacial score (nSPS) is 10.5. The van der Waals surface area contributed by atoms with E-state index in [2.05, 4.69) is 36.6 Å². The molecule has 0 aliphatic rings. The molecule has 3 rings (SSSR count). The van der Waals surface area contributed by atoms with Crippen molar-refractivity contribution >= 4 is 28.9 Å². The fourth-order valence-corrected chi connectivity index (χ4v) is 3.26. The van der Waals surface area contributed by atoms with Crippen molar-refractivity contribution in [2.24, 2.45) is 5.92 Å². The molecule has 0 atom stereocenters. The molecule has 0 aromatic heterocycles. The minimum atomic E-state index is -0.281. The summed E-state index contributed by atoms with van der Waals surface area (Å²) in [5.41, 5.74) is 2.48. The van der Waals surface area contributed by atoms with Gasteiger partial charge in [-0.2, -0.15) is 0 Å². The third kappa shape index (κ3) is 8.58. The second-order valence-electron chi connectivity index (χ2n) is 8.08. The highest BCUT2D eigenvalue weighted by atomic mass is 32.1. The summed E-state index contributed by atoms with van der Waals surface area (Å²) in [6.45, 7) is 5.55. The molecule has 0 heterocycles. The molecule has 0 aliphatic carbocycles. The van der Waals surface area contributed by atoms with Gasteiger partial charge >= 0.3 is 0 Å². The van der Waals surface area contributed by atoms with Crippen LogP contribution in [0.4, 0.5) is 5.69 Å². The average Bonchev–Trinajstić information content (AvgIpc) is 2.80. The van der Waals surface area contributed by atoms with Gasteiger partial charge in [-0.3, -0.25) is 10.1 Å². The van der Waals surface area contributed by atoms with Crippen molar-refractivity contribution < 1.29 is 14.3 Å².